The van der Waals surface area contributed by atoms with Gasteiger partial charge >= 0.3 is 0 Å². The average molecular weight is 407 g/mol. The van der Waals surface area contributed by atoms with Crippen LogP contribution in [0.3, 0.4) is 0 Å². The van der Waals surface area contributed by atoms with Crippen molar-refractivity contribution in [3.05, 3.63) is 0 Å². The fourth-order valence-corrected chi connectivity index (χ4v) is 4.75. The first-order valence-corrected chi connectivity index (χ1v) is 13.1. The van der Waals surface area contributed by atoms with Gasteiger partial charge in [-0.25, -0.2) is 0 Å². The second-order valence-corrected chi connectivity index (χ2v) is 9.76. The molecule has 2 unspecified atom stereocenters. The molecule has 0 spiro atoms. The van der Waals surface area contributed by atoms with E-state index in [1.54, 1.807) is 6.92 Å². The summed E-state index contributed by atoms with van der Waals surface area (Å²) in [7, 11) is -4.15. The SMILES string of the molecule is CCCCCCCCCCCCCCCCCCC(C(O)CC)S(=O)(=O)O. The summed E-state index contributed by atoms with van der Waals surface area (Å²) in [6.45, 7) is 3.99. The molecule has 2 N–H and O–H groups in total. The highest BCUT2D eigenvalue weighted by Gasteiger charge is 2.29. The zero-order valence-electron chi connectivity index (χ0n) is 18.0. The van der Waals surface area contributed by atoms with E-state index in [1.807, 2.05) is 0 Å². The van der Waals surface area contributed by atoms with Gasteiger partial charge in [0.2, 0.25) is 0 Å². The fraction of sp³-hybridized carbons (Fsp3) is 1.00. The minimum absolute atomic E-state index is 0.351. The first-order valence-electron chi connectivity index (χ1n) is 11.6. The van der Waals surface area contributed by atoms with Gasteiger partial charge in [-0.05, 0) is 12.8 Å². The fourth-order valence-electron chi connectivity index (χ4n) is 3.70. The van der Waals surface area contributed by atoms with Crippen LogP contribution in [-0.4, -0.2) is 29.4 Å². The third kappa shape index (κ3) is 16.5. The Kier molecular flexibility index (Phi) is 17.8. The minimum Gasteiger partial charge on any atom is -0.392 e. The number of aliphatic hydroxyl groups is 1. The lowest BCUT2D eigenvalue weighted by molar-refractivity contribution is 0.155. The van der Waals surface area contributed by atoms with E-state index < -0.39 is 21.5 Å². The van der Waals surface area contributed by atoms with E-state index in [1.165, 1.54) is 83.5 Å². The van der Waals surface area contributed by atoms with Gasteiger partial charge in [-0.15, -0.1) is 0 Å². The maximum Gasteiger partial charge on any atom is 0.270 e. The molecule has 4 nitrogen and oxygen atoms in total. The van der Waals surface area contributed by atoms with E-state index in [4.69, 9.17) is 0 Å². The van der Waals surface area contributed by atoms with Crippen LogP contribution in [0.5, 0.6) is 0 Å². The third-order valence-corrected chi connectivity index (χ3v) is 6.89. The van der Waals surface area contributed by atoms with E-state index in [2.05, 4.69) is 6.92 Å². The van der Waals surface area contributed by atoms with Crippen LogP contribution in [0.4, 0.5) is 0 Å². The molecule has 0 aliphatic rings. The maximum atomic E-state index is 11.3. The molecule has 0 aliphatic carbocycles. The number of rotatable bonds is 20. The molecular formula is C22H46O4S. The van der Waals surface area contributed by atoms with Crippen LogP contribution in [-0.2, 0) is 10.1 Å². The van der Waals surface area contributed by atoms with Gasteiger partial charge in [0.1, 0.15) is 5.25 Å². The van der Waals surface area contributed by atoms with Crippen LogP contribution in [0.25, 0.3) is 0 Å². The van der Waals surface area contributed by atoms with Gasteiger partial charge < -0.3 is 5.11 Å². The summed E-state index contributed by atoms with van der Waals surface area (Å²) in [6.07, 6.45) is 20.2. The van der Waals surface area contributed by atoms with Gasteiger partial charge in [-0.3, -0.25) is 4.55 Å². The van der Waals surface area contributed by atoms with Crippen molar-refractivity contribution >= 4 is 10.1 Å². The monoisotopic (exact) mass is 406 g/mol. The number of hydrogen-bond donors (Lipinski definition) is 2. The lowest BCUT2D eigenvalue weighted by atomic mass is 10.0. The number of aliphatic hydroxyl groups excluding tert-OH is 1. The first-order chi connectivity index (χ1) is 12.9. The van der Waals surface area contributed by atoms with Crippen LogP contribution in [0.2, 0.25) is 0 Å². The van der Waals surface area contributed by atoms with Gasteiger partial charge in [0.05, 0.1) is 6.10 Å². The molecule has 27 heavy (non-hydrogen) atoms. The highest BCUT2D eigenvalue weighted by atomic mass is 32.2. The lowest BCUT2D eigenvalue weighted by Crippen LogP contribution is -2.33. The van der Waals surface area contributed by atoms with E-state index in [-0.39, 0.29) is 0 Å². The molecule has 0 aromatic heterocycles. The summed E-state index contributed by atoms with van der Waals surface area (Å²) in [5.74, 6) is 0. The van der Waals surface area contributed by atoms with Gasteiger partial charge in [0.15, 0.2) is 0 Å². The summed E-state index contributed by atoms with van der Waals surface area (Å²) in [5.41, 5.74) is 0. The lowest BCUT2D eigenvalue weighted by Gasteiger charge is -2.18. The molecule has 0 fully saturated rings. The highest BCUT2D eigenvalue weighted by molar-refractivity contribution is 7.86. The largest absolute Gasteiger partial charge is 0.392 e. The van der Waals surface area contributed by atoms with Crippen molar-refractivity contribution in [1.29, 1.82) is 0 Å². The van der Waals surface area contributed by atoms with Crippen LogP contribution in [0.15, 0.2) is 0 Å². The second-order valence-electron chi connectivity index (χ2n) is 8.12. The van der Waals surface area contributed by atoms with Crippen molar-refractivity contribution in [3.8, 4) is 0 Å². The summed E-state index contributed by atoms with van der Waals surface area (Å²) >= 11 is 0. The molecule has 0 aromatic carbocycles. The standard InChI is InChI=1S/C22H46O4S/c1-3-5-6-7-8-9-10-11-12-13-14-15-16-17-18-19-20-22(21(23)4-2)27(24,25)26/h21-23H,3-20H2,1-2H3,(H,24,25,26). The summed E-state index contributed by atoms with van der Waals surface area (Å²) in [6, 6.07) is 0. The molecule has 0 amide bonds. The van der Waals surface area contributed by atoms with Gasteiger partial charge in [-0.2, -0.15) is 8.42 Å². The predicted molar refractivity (Wildman–Crippen MR) is 116 cm³/mol. The molecule has 0 aromatic rings. The van der Waals surface area contributed by atoms with Crippen molar-refractivity contribution in [2.45, 2.75) is 141 Å². The highest BCUT2D eigenvalue weighted by Crippen LogP contribution is 2.18. The third-order valence-electron chi connectivity index (χ3n) is 5.57. The Morgan fingerprint density at radius 3 is 1.26 bits per heavy atom. The molecule has 164 valence electrons. The first kappa shape index (κ1) is 26.9. The molecule has 0 saturated carbocycles. The second kappa shape index (κ2) is 17.9. The van der Waals surface area contributed by atoms with E-state index >= 15 is 0 Å². The Labute approximate surface area is 169 Å². The number of hydrogen-bond acceptors (Lipinski definition) is 3. The van der Waals surface area contributed by atoms with Gasteiger partial charge in [0, 0.05) is 0 Å². The predicted octanol–water partition coefficient (Wildman–Crippen LogP) is 6.67. The molecular weight excluding hydrogens is 360 g/mol. The zero-order chi connectivity index (χ0) is 20.4. The smallest absolute Gasteiger partial charge is 0.270 e. The summed E-state index contributed by atoms with van der Waals surface area (Å²) in [5, 5.41) is 8.72. The van der Waals surface area contributed by atoms with Crippen LogP contribution < -0.4 is 0 Å². The zero-order valence-corrected chi connectivity index (χ0v) is 18.8. The molecule has 0 radical (unpaired) electrons. The van der Waals surface area contributed by atoms with Crippen LogP contribution in [0.1, 0.15) is 129 Å². The molecule has 5 heteroatoms. The van der Waals surface area contributed by atoms with E-state index in [9.17, 15) is 18.1 Å². The molecule has 2 atom stereocenters. The van der Waals surface area contributed by atoms with E-state index in [0.717, 1.165) is 19.3 Å². The number of unbranched alkanes of at least 4 members (excludes halogenated alkanes) is 15. The van der Waals surface area contributed by atoms with Gasteiger partial charge in [-0.1, -0.05) is 117 Å². The molecule has 0 saturated heterocycles. The van der Waals surface area contributed by atoms with Crippen molar-refractivity contribution < 1.29 is 18.1 Å². The molecule has 0 heterocycles. The molecule has 0 rings (SSSR count). The van der Waals surface area contributed by atoms with Gasteiger partial charge in [0.25, 0.3) is 10.1 Å². The Hall–Kier alpha value is -0.130. The van der Waals surface area contributed by atoms with Crippen molar-refractivity contribution in [2.24, 2.45) is 0 Å². The Balaban J connectivity index is 3.40. The summed E-state index contributed by atoms with van der Waals surface area (Å²) < 4.78 is 31.9. The van der Waals surface area contributed by atoms with Crippen molar-refractivity contribution in [2.75, 3.05) is 0 Å². The average Bonchev–Trinajstić information content (AvgIpc) is 2.62. The normalized spacial score (nSPS) is 14.4. The van der Waals surface area contributed by atoms with Crippen molar-refractivity contribution in [1.82, 2.24) is 0 Å². The van der Waals surface area contributed by atoms with Crippen LogP contribution >= 0.6 is 0 Å². The minimum atomic E-state index is -4.15. The Morgan fingerprint density at radius 1 is 0.630 bits per heavy atom. The van der Waals surface area contributed by atoms with Crippen molar-refractivity contribution in [3.63, 3.8) is 0 Å². The van der Waals surface area contributed by atoms with Crippen LogP contribution in [0, 0.1) is 0 Å². The van der Waals surface area contributed by atoms with E-state index in [0.29, 0.717) is 12.8 Å². The molecule has 0 aliphatic heterocycles. The maximum absolute atomic E-state index is 11.3. The Morgan fingerprint density at radius 2 is 0.963 bits per heavy atom. The topological polar surface area (TPSA) is 74.6 Å². The quantitative estimate of drug-likeness (QED) is 0.175. The summed E-state index contributed by atoms with van der Waals surface area (Å²) in [4.78, 5) is 0. The molecule has 0 bridgehead atoms. The Bertz CT molecular complexity index is 409.